The maximum absolute atomic E-state index is 11.9. The van der Waals surface area contributed by atoms with Crippen LogP contribution in [0.1, 0.15) is 12.0 Å². The first-order valence-corrected chi connectivity index (χ1v) is 8.21. The minimum atomic E-state index is -0.284. The summed E-state index contributed by atoms with van der Waals surface area (Å²) in [7, 11) is 0. The zero-order valence-electron chi connectivity index (χ0n) is 13.4. The van der Waals surface area contributed by atoms with Crippen LogP contribution in [0.5, 0.6) is 17.4 Å². The van der Waals surface area contributed by atoms with Gasteiger partial charge in [-0.1, -0.05) is 29.8 Å². The molecule has 0 unspecified atom stereocenters. The molecule has 0 saturated heterocycles. The summed E-state index contributed by atoms with van der Waals surface area (Å²) in [6.45, 7) is 0. The Kier molecular flexibility index (Phi) is 5.65. The highest BCUT2D eigenvalue weighted by atomic mass is 35.5. The van der Waals surface area contributed by atoms with Gasteiger partial charge in [-0.2, -0.15) is 0 Å². The Morgan fingerprint density at radius 1 is 0.920 bits per heavy atom. The average molecular weight is 354 g/mol. The van der Waals surface area contributed by atoms with Crippen molar-refractivity contribution in [2.45, 2.75) is 12.8 Å². The molecule has 0 N–H and O–H groups in total. The monoisotopic (exact) mass is 353 g/mol. The Labute approximate surface area is 151 Å². The number of rotatable bonds is 6. The number of halogens is 1. The first kappa shape index (κ1) is 17.0. The normalized spacial score (nSPS) is 10.3. The standard InChI is InChI=1S/C20H16ClNO3/c21-16-7-4-15(5-8-16)6-13-20(23)25-18-11-9-17(10-12-18)24-19-3-1-2-14-22-19/h1-5,7-12,14H,6,13H2. The molecule has 126 valence electrons. The number of carbonyl (C=O) groups excluding carboxylic acids is 1. The summed E-state index contributed by atoms with van der Waals surface area (Å²) in [5, 5.41) is 0.680. The third-order valence-corrected chi connectivity index (χ3v) is 3.70. The zero-order valence-corrected chi connectivity index (χ0v) is 14.1. The molecule has 1 heterocycles. The van der Waals surface area contributed by atoms with Gasteiger partial charge in [-0.3, -0.25) is 4.79 Å². The molecule has 3 aromatic rings. The molecule has 0 spiro atoms. The molecule has 0 aliphatic carbocycles. The Morgan fingerprint density at radius 3 is 2.32 bits per heavy atom. The van der Waals surface area contributed by atoms with Gasteiger partial charge in [-0.15, -0.1) is 0 Å². The van der Waals surface area contributed by atoms with Crippen LogP contribution in [0.2, 0.25) is 5.02 Å². The molecule has 0 saturated carbocycles. The lowest BCUT2D eigenvalue weighted by Crippen LogP contribution is -2.08. The van der Waals surface area contributed by atoms with Crippen molar-refractivity contribution in [3.8, 4) is 17.4 Å². The molecule has 0 bridgehead atoms. The minimum absolute atomic E-state index is 0.284. The smallest absolute Gasteiger partial charge is 0.311 e. The average Bonchev–Trinajstić information content (AvgIpc) is 2.64. The summed E-state index contributed by atoms with van der Waals surface area (Å²) >= 11 is 5.84. The van der Waals surface area contributed by atoms with Crippen molar-refractivity contribution in [2.75, 3.05) is 0 Å². The first-order chi connectivity index (χ1) is 12.2. The molecule has 3 rings (SSSR count). The van der Waals surface area contributed by atoms with Crippen molar-refractivity contribution in [2.24, 2.45) is 0 Å². The van der Waals surface area contributed by atoms with E-state index in [0.29, 0.717) is 35.2 Å². The van der Waals surface area contributed by atoms with E-state index in [1.165, 1.54) is 0 Å². The highest BCUT2D eigenvalue weighted by Crippen LogP contribution is 2.22. The van der Waals surface area contributed by atoms with Crippen molar-refractivity contribution in [3.63, 3.8) is 0 Å². The topological polar surface area (TPSA) is 48.4 Å². The number of nitrogens with zero attached hydrogens (tertiary/aromatic N) is 1. The van der Waals surface area contributed by atoms with Gasteiger partial charge in [-0.05, 0) is 54.4 Å². The van der Waals surface area contributed by atoms with Crippen LogP contribution in [0.4, 0.5) is 0 Å². The van der Waals surface area contributed by atoms with Crippen LogP contribution in [-0.4, -0.2) is 11.0 Å². The van der Waals surface area contributed by atoms with Gasteiger partial charge >= 0.3 is 5.97 Å². The van der Waals surface area contributed by atoms with Crippen molar-refractivity contribution >= 4 is 17.6 Å². The van der Waals surface area contributed by atoms with E-state index < -0.39 is 0 Å². The maximum atomic E-state index is 11.9. The number of aryl methyl sites for hydroxylation is 1. The third kappa shape index (κ3) is 5.33. The van der Waals surface area contributed by atoms with E-state index in [-0.39, 0.29) is 5.97 Å². The summed E-state index contributed by atoms with van der Waals surface area (Å²) in [6, 6.07) is 19.7. The third-order valence-electron chi connectivity index (χ3n) is 3.45. The summed E-state index contributed by atoms with van der Waals surface area (Å²) in [6.07, 6.45) is 2.57. The van der Waals surface area contributed by atoms with E-state index in [9.17, 15) is 4.79 Å². The predicted octanol–water partition coefficient (Wildman–Crippen LogP) is 5.07. The van der Waals surface area contributed by atoms with E-state index in [2.05, 4.69) is 4.98 Å². The highest BCUT2D eigenvalue weighted by molar-refractivity contribution is 6.30. The molecule has 1 aromatic heterocycles. The van der Waals surface area contributed by atoms with Crippen molar-refractivity contribution in [1.29, 1.82) is 0 Å². The van der Waals surface area contributed by atoms with E-state index in [4.69, 9.17) is 21.1 Å². The van der Waals surface area contributed by atoms with Gasteiger partial charge in [0.2, 0.25) is 5.88 Å². The van der Waals surface area contributed by atoms with Crippen molar-refractivity contribution in [3.05, 3.63) is 83.5 Å². The Bertz CT molecular complexity index is 818. The van der Waals surface area contributed by atoms with Crippen LogP contribution >= 0.6 is 11.6 Å². The lowest BCUT2D eigenvalue weighted by Gasteiger charge is -2.07. The molecule has 5 heteroatoms. The zero-order chi connectivity index (χ0) is 17.5. The summed E-state index contributed by atoms with van der Waals surface area (Å²) in [4.78, 5) is 16.0. The second kappa shape index (κ2) is 8.31. The maximum Gasteiger partial charge on any atom is 0.311 e. The number of benzene rings is 2. The first-order valence-electron chi connectivity index (χ1n) is 7.83. The van der Waals surface area contributed by atoms with E-state index in [0.717, 1.165) is 5.56 Å². The number of aromatic nitrogens is 1. The molecule has 0 aliphatic rings. The lowest BCUT2D eigenvalue weighted by molar-refractivity contribution is -0.134. The van der Waals surface area contributed by atoms with Crippen LogP contribution in [0, 0.1) is 0 Å². The van der Waals surface area contributed by atoms with Gasteiger partial charge in [0, 0.05) is 23.7 Å². The molecule has 0 aliphatic heterocycles. The molecule has 25 heavy (non-hydrogen) atoms. The van der Waals surface area contributed by atoms with Crippen LogP contribution in [-0.2, 0) is 11.2 Å². The second-order valence-electron chi connectivity index (χ2n) is 5.34. The fourth-order valence-electron chi connectivity index (χ4n) is 2.18. The van der Waals surface area contributed by atoms with Gasteiger partial charge in [0.25, 0.3) is 0 Å². The van der Waals surface area contributed by atoms with Gasteiger partial charge in [-0.25, -0.2) is 4.98 Å². The van der Waals surface area contributed by atoms with Gasteiger partial charge < -0.3 is 9.47 Å². The number of esters is 1. The highest BCUT2D eigenvalue weighted by Gasteiger charge is 2.06. The molecular weight excluding hydrogens is 338 g/mol. The van der Waals surface area contributed by atoms with Crippen LogP contribution in [0.25, 0.3) is 0 Å². The minimum Gasteiger partial charge on any atom is -0.439 e. The summed E-state index contributed by atoms with van der Waals surface area (Å²) < 4.78 is 10.9. The molecule has 0 atom stereocenters. The second-order valence-corrected chi connectivity index (χ2v) is 5.78. The van der Waals surface area contributed by atoms with E-state index in [1.54, 1.807) is 36.5 Å². The number of carbonyl (C=O) groups is 1. The fourth-order valence-corrected chi connectivity index (χ4v) is 2.31. The van der Waals surface area contributed by atoms with E-state index in [1.807, 2.05) is 36.4 Å². The summed E-state index contributed by atoms with van der Waals surface area (Å²) in [5.41, 5.74) is 1.04. The molecule has 2 aromatic carbocycles. The molecule has 0 fully saturated rings. The molecular formula is C20H16ClNO3. The van der Waals surface area contributed by atoms with Gasteiger partial charge in [0.15, 0.2) is 0 Å². The van der Waals surface area contributed by atoms with Crippen LogP contribution in [0.15, 0.2) is 72.9 Å². The Morgan fingerprint density at radius 2 is 1.64 bits per heavy atom. The Hall–Kier alpha value is -2.85. The fraction of sp³-hybridized carbons (Fsp3) is 0.100. The lowest BCUT2D eigenvalue weighted by atomic mass is 10.1. The molecule has 0 radical (unpaired) electrons. The molecule has 0 amide bonds. The van der Waals surface area contributed by atoms with Crippen LogP contribution < -0.4 is 9.47 Å². The number of pyridine rings is 1. The SMILES string of the molecule is O=C(CCc1ccc(Cl)cc1)Oc1ccc(Oc2ccccn2)cc1. The number of hydrogen-bond donors (Lipinski definition) is 0. The Balaban J connectivity index is 1.50. The van der Waals surface area contributed by atoms with Crippen molar-refractivity contribution in [1.82, 2.24) is 4.98 Å². The van der Waals surface area contributed by atoms with Crippen LogP contribution in [0.3, 0.4) is 0 Å². The quantitative estimate of drug-likeness (QED) is 0.458. The van der Waals surface area contributed by atoms with Gasteiger partial charge in [0.05, 0.1) is 0 Å². The van der Waals surface area contributed by atoms with Gasteiger partial charge in [0.1, 0.15) is 11.5 Å². The predicted molar refractivity (Wildman–Crippen MR) is 96.2 cm³/mol. The van der Waals surface area contributed by atoms with E-state index >= 15 is 0 Å². The number of ether oxygens (including phenoxy) is 2. The molecule has 4 nitrogen and oxygen atoms in total. The van der Waals surface area contributed by atoms with Crippen molar-refractivity contribution < 1.29 is 14.3 Å². The number of hydrogen-bond acceptors (Lipinski definition) is 4. The largest absolute Gasteiger partial charge is 0.439 e. The summed E-state index contributed by atoms with van der Waals surface area (Å²) in [5.74, 6) is 1.33.